The molecule has 0 saturated heterocycles. The van der Waals surface area contributed by atoms with Crippen molar-refractivity contribution in [3.8, 4) is 0 Å². The molecule has 0 heterocycles. The highest BCUT2D eigenvalue weighted by Crippen LogP contribution is 1.95. The van der Waals surface area contributed by atoms with Gasteiger partial charge in [-0.3, -0.25) is 4.79 Å². The molecule has 0 aliphatic heterocycles. The molecule has 13 heavy (non-hydrogen) atoms. The van der Waals surface area contributed by atoms with Crippen LogP contribution in [-0.4, -0.2) is 12.6 Å². The van der Waals surface area contributed by atoms with Crippen LogP contribution in [0, 0.1) is 0 Å². The van der Waals surface area contributed by atoms with Crippen LogP contribution in [0.15, 0.2) is 24.8 Å². The molecular weight excluding hydrogens is 164 g/mol. The van der Waals surface area contributed by atoms with Crippen LogP contribution < -0.4 is 0 Å². The average molecular weight is 182 g/mol. The van der Waals surface area contributed by atoms with E-state index in [9.17, 15) is 4.79 Å². The summed E-state index contributed by atoms with van der Waals surface area (Å²) in [6, 6.07) is 0. The van der Waals surface area contributed by atoms with Gasteiger partial charge in [-0.1, -0.05) is 25.2 Å². The second-order valence-corrected chi connectivity index (χ2v) is 2.72. The summed E-state index contributed by atoms with van der Waals surface area (Å²) in [6.45, 7) is 6.10. The van der Waals surface area contributed by atoms with Gasteiger partial charge in [-0.2, -0.15) is 0 Å². The van der Waals surface area contributed by atoms with E-state index in [2.05, 4.69) is 19.6 Å². The van der Waals surface area contributed by atoms with Gasteiger partial charge in [0.2, 0.25) is 0 Å². The number of esters is 1. The first kappa shape index (κ1) is 11.9. The normalized spacial score (nSPS) is 10.2. The molecule has 0 aliphatic carbocycles. The van der Waals surface area contributed by atoms with E-state index in [1.165, 1.54) is 0 Å². The summed E-state index contributed by atoms with van der Waals surface area (Å²) in [5, 5.41) is 0. The first-order valence-electron chi connectivity index (χ1n) is 4.72. The minimum Gasteiger partial charge on any atom is -0.465 e. The van der Waals surface area contributed by atoms with Gasteiger partial charge < -0.3 is 4.74 Å². The van der Waals surface area contributed by atoms with Crippen molar-refractivity contribution in [2.75, 3.05) is 6.61 Å². The zero-order chi connectivity index (χ0) is 9.94. The highest BCUT2D eigenvalue weighted by molar-refractivity contribution is 5.69. The zero-order valence-corrected chi connectivity index (χ0v) is 8.29. The van der Waals surface area contributed by atoms with Gasteiger partial charge in [-0.25, -0.2) is 0 Å². The maximum atomic E-state index is 10.9. The average Bonchev–Trinajstić information content (AvgIpc) is 2.14. The molecule has 0 N–H and O–H groups in total. The van der Waals surface area contributed by atoms with E-state index in [1.807, 2.05) is 6.08 Å². The Kier molecular flexibility index (Phi) is 8.31. The van der Waals surface area contributed by atoms with Crippen LogP contribution in [0.2, 0.25) is 0 Å². The van der Waals surface area contributed by atoms with Crippen molar-refractivity contribution in [1.82, 2.24) is 0 Å². The monoisotopic (exact) mass is 182 g/mol. The van der Waals surface area contributed by atoms with Crippen LogP contribution in [0.4, 0.5) is 0 Å². The summed E-state index contributed by atoms with van der Waals surface area (Å²) in [5.74, 6) is -0.134. The van der Waals surface area contributed by atoms with E-state index in [0.29, 0.717) is 19.4 Å². The van der Waals surface area contributed by atoms with E-state index in [4.69, 9.17) is 4.74 Å². The Bertz CT molecular complexity index is 171. The fourth-order valence-electron chi connectivity index (χ4n) is 0.817. The second-order valence-electron chi connectivity index (χ2n) is 2.72. The van der Waals surface area contributed by atoms with Crippen molar-refractivity contribution < 1.29 is 9.53 Å². The van der Waals surface area contributed by atoms with Crippen LogP contribution in [0.3, 0.4) is 0 Å². The lowest BCUT2D eigenvalue weighted by atomic mass is 10.3. The molecule has 2 heteroatoms. The van der Waals surface area contributed by atoms with E-state index >= 15 is 0 Å². The van der Waals surface area contributed by atoms with Crippen LogP contribution in [0.5, 0.6) is 0 Å². The molecule has 0 spiro atoms. The fraction of sp³-hybridized carbons (Fsp3) is 0.545. The largest absolute Gasteiger partial charge is 0.465 e. The lowest BCUT2D eigenvalue weighted by Crippen LogP contribution is -2.04. The van der Waals surface area contributed by atoms with Crippen LogP contribution >= 0.6 is 0 Å². The first-order chi connectivity index (χ1) is 6.31. The number of ether oxygens (including phenoxy) is 1. The molecule has 0 radical (unpaired) electrons. The predicted molar refractivity (Wildman–Crippen MR) is 54.4 cm³/mol. The summed E-state index contributed by atoms with van der Waals surface area (Å²) in [6.07, 6.45) is 8.80. The summed E-state index contributed by atoms with van der Waals surface area (Å²) in [4.78, 5) is 10.9. The van der Waals surface area contributed by atoms with Gasteiger partial charge in [0, 0.05) is 6.42 Å². The lowest BCUT2D eigenvalue weighted by molar-refractivity contribution is -0.143. The van der Waals surface area contributed by atoms with E-state index in [1.54, 1.807) is 6.08 Å². The number of hydrogen-bond donors (Lipinski definition) is 0. The van der Waals surface area contributed by atoms with Crippen LogP contribution in [0.25, 0.3) is 0 Å². The molecule has 0 amide bonds. The quantitative estimate of drug-likeness (QED) is 0.344. The minimum absolute atomic E-state index is 0.134. The third-order valence-corrected chi connectivity index (χ3v) is 1.50. The van der Waals surface area contributed by atoms with Gasteiger partial charge in [0.05, 0.1) is 6.61 Å². The number of rotatable bonds is 7. The molecule has 2 nitrogen and oxygen atoms in total. The van der Waals surface area contributed by atoms with Gasteiger partial charge in [0.1, 0.15) is 0 Å². The van der Waals surface area contributed by atoms with Gasteiger partial charge in [0.25, 0.3) is 0 Å². The van der Waals surface area contributed by atoms with Crippen LogP contribution in [0.1, 0.15) is 32.6 Å². The Morgan fingerprint density at radius 1 is 1.38 bits per heavy atom. The molecule has 0 atom stereocenters. The van der Waals surface area contributed by atoms with Gasteiger partial charge in [0.15, 0.2) is 0 Å². The smallest absolute Gasteiger partial charge is 0.306 e. The molecule has 0 aliphatic rings. The molecule has 0 aromatic carbocycles. The van der Waals surface area contributed by atoms with Gasteiger partial charge in [-0.15, -0.1) is 6.58 Å². The SMILES string of the molecule is C=CCCC(=O)OCC/C=C\CC. The molecule has 0 aromatic heterocycles. The van der Waals surface area contributed by atoms with Gasteiger partial charge in [-0.05, 0) is 19.3 Å². The molecule has 0 fully saturated rings. The first-order valence-corrected chi connectivity index (χ1v) is 4.72. The summed E-state index contributed by atoms with van der Waals surface area (Å²) in [7, 11) is 0. The van der Waals surface area contributed by atoms with Crippen molar-refractivity contribution in [1.29, 1.82) is 0 Å². The fourth-order valence-corrected chi connectivity index (χ4v) is 0.817. The van der Waals surface area contributed by atoms with Crippen LogP contribution in [-0.2, 0) is 9.53 Å². The van der Waals surface area contributed by atoms with Gasteiger partial charge >= 0.3 is 5.97 Å². The van der Waals surface area contributed by atoms with Crippen molar-refractivity contribution in [2.45, 2.75) is 32.6 Å². The maximum absolute atomic E-state index is 10.9. The zero-order valence-electron chi connectivity index (χ0n) is 8.29. The predicted octanol–water partition coefficient (Wildman–Crippen LogP) is 2.85. The summed E-state index contributed by atoms with van der Waals surface area (Å²) >= 11 is 0. The second kappa shape index (κ2) is 9.04. The summed E-state index contributed by atoms with van der Waals surface area (Å²) < 4.78 is 4.95. The summed E-state index contributed by atoms with van der Waals surface area (Å²) in [5.41, 5.74) is 0. The number of carbonyl (C=O) groups excluding carboxylic acids is 1. The van der Waals surface area contributed by atoms with Crippen molar-refractivity contribution >= 4 is 5.97 Å². The maximum Gasteiger partial charge on any atom is 0.306 e. The van der Waals surface area contributed by atoms with E-state index in [-0.39, 0.29) is 5.97 Å². The Hall–Kier alpha value is -1.05. The number of allylic oxidation sites excluding steroid dienone is 2. The Labute approximate surface area is 80.3 Å². The lowest BCUT2D eigenvalue weighted by Gasteiger charge is -2.00. The van der Waals surface area contributed by atoms with E-state index < -0.39 is 0 Å². The molecule has 0 bridgehead atoms. The Balaban J connectivity index is 3.26. The molecule has 0 rings (SSSR count). The molecular formula is C11H18O2. The van der Waals surface area contributed by atoms with Crippen molar-refractivity contribution in [3.05, 3.63) is 24.8 Å². The molecule has 0 unspecified atom stereocenters. The topological polar surface area (TPSA) is 26.3 Å². The minimum atomic E-state index is -0.134. The molecule has 74 valence electrons. The number of carbonyl (C=O) groups is 1. The Morgan fingerprint density at radius 3 is 2.77 bits per heavy atom. The van der Waals surface area contributed by atoms with Crippen molar-refractivity contribution in [2.24, 2.45) is 0 Å². The number of hydrogen-bond acceptors (Lipinski definition) is 2. The highest BCUT2D eigenvalue weighted by Gasteiger charge is 1.98. The third-order valence-electron chi connectivity index (χ3n) is 1.50. The van der Waals surface area contributed by atoms with Crippen molar-refractivity contribution in [3.63, 3.8) is 0 Å². The standard InChI is InChI=1S/C11H18O2/c1-3-5-7-8-10-13-11(12)9-6-4-2/h4-5,7H,2-3,6,8-10H2,1H3/b7-5-. The molecule has 0 saturated carbocycles. The molecule has 0 aromatic rings. The third kappa shape index (κ3) is 8.86. The highest BCUT2D eigenvalue weighted by atomic mass is 16.5. The Morgan fingerprint density at radius 2 is 2.15 bits per heavy atom. The van der Waals surface area contributed by atoms with E-state index in [0.717, 1.165) is 12.8 Å².